The number of carbonyl (C=O) groups is 1. The Morgan fingerprint density at radius 3 is 2.93 bits per heavy atom. The van der Waals surface area contributed by atoms with Crippen molar-refractivity contribution in [3.8, 4) is 0 Å². The van der Waals surface area contributed by atoms with Crippen molar-refractivity contribution in [3.05, 3.63) is 29.0 Å². The minimum atomic E-state index is -0.418. The number of esters is 1. The number of halogens is 2. The van der Waals surface area contributed by atoms with Crippen LogP contribution in [0.5, 0.6) is 0 Å². The average Bonchev–Trinajstić information content (AvgIpc) is 2.16. The number of benzene rings is 1. The molecule has 0 unspecified atom stereocenters. The van der Waals surface area contributed by atoms with Gasteiger partial charge < -0.3 is 10.1 Å². The molecule has 0 saturated carbocycles. The Kier molecular flexibility index (Phi) is 3.71. The lowest BCUT2D eigenvalue weighted by atomic mass is 10.3. The Bertz CT molecular complexity index is 344. The van der Waals surface area contributed by atoms with Crippen LogP contribution in [0.15, 0.2) is 18.2 Å². The minimum absolute atomic E-state index is 0.00184. The Balaban J connectivity index is 2.63. The van der Waals surface area contributed by atoms with E-state index in [1.165, 1.54) is 25.3 Å². The van der Waals surface area contributed by atoms with E-state index >= 15 is 0 Å². The fraction of sp³-hybridized carbons (Fsp3) is 0.222. The highest BCUT2D eigenvalue weighted by Gasteiger charge is 2.04. The SMILES string of the molecule is COC(=O)CNc1ccc(F)cc1Cl. The molecule has 0 saturated heterocycles. The first-order valence-electron chi connectivity index (χ1n) is 3.89. The molecule has 1 aromatic carbocycles. The highest BCUT2D eigenvalue weighted by atomic mass is 35.5. The van der Waals surface area contributed by atoms with Crippen molar-refractivity contribution >= 4 is 23.3 Å². The van der Waals surface area contributed by atoms with E-state index in [-0.39, 0.29) is 11.6 Å². The fourth-order valence-electron chi connectivity index (χ4n) is 0.872. The molecule has 1 rings (SSSR count). The zero-order valence-corrected chi connectivity index (χ0v) is 8.27. The van der Waals surface area contributed by atoms with Gasteiger partial charge in [-0.2, -0.15) is 0 Å². The summed E-state index contributed by atoms with van der Waals surface area (Å²) in [5.41, 5.74) is 0.499. The molecule has 1 aromatic rings. The van der Waals surface area contributed by atoms with E-state index < -0.39 is 11.8 Å². The van der Waals surface area contributed by atoms with Crippen LogP contribution < -0.4 is 5.32 Å². The molecule has 0 aliphatic heterocycles. The van der Waals surface area contributed by atoms with Crippen LogP contribution in [-0.2, 0) is 9.53 Å². The maximum atomic E-state index is 12.6. The molecular weight excluding hydrogens is 209 g/mol. The molecule has 0 aliphatic carbocycles. The number of rotatable bonds is 3. The molecule has 0 fully saturated rings. The van der Waals surface area contributed by atoms with E-state index in [9.17, 15) is 9.18 Å². The normalized spacial score (nSPS) is 9.64. The van der Waals surface area contributed by atoms with E-state index in [0.29, 0.717) is 5.69 Å². The Hall–Kier alpha value is -1.29. The van der Waals surface area contributed by atoms with Crippen LogP contribution >= 0.6 is 11.6 Å². The zero-order chi connectivity index (χ0) is 10.6. The van der Waals surface area contributed by atoms with Crippen LogP contribution in [0.1, 0.15) is 0 Å². The summed E-state index contributed by atoms with van der Waals surface area (Å²) in [6, 6.07) is 3.88. The van der Waals surface area contributed by atoms with Gasteiger partial charge in [-0.15, -0.1) is 0 Å². The second-order valence-corrected chi connectivity index (χ2v) is 2.96. The van der Waals surface area contributed by atoms with Crippen LogP contribution in [0.25, 0.3) is 0 Å². The molecule has 14 heavy (non-hydrogen) atoms. The Labute approximate surface area is 85.8 Å². The number of methoxy groups -OCH3 is 1. The van der Waals surface area contributed by atoms with Gasteiger partial charge >= 0.3 is 5.97 Å². The first kappa shape index (κ1) is 10.8. The topological polar surface area (TPSA) is 38.3 Å². The average molecular weight is 218 g/mol. The van der Waals surface area contributed by atoms with Crippen molar-refractivity contribution in [2.24, 2.45) is 0 Å². The second-order valence-electron chi connectivity index (χ2n) is 2.55. The zero-order valence-electron chi connectivity index (χ0n) is 7.51. The molecule has 0 atom stereocenters. The Morgan fingerprint density at radius 2 is 2.36 bits per heavy atom. The van der Waals surface area contributed by atoms with E-state index in [2.05, 4.69) is 10.1 Å². The number of nitrogens with one attached hydrogen (secondary N) is 1. The summed E-state index contributed by atoms with van der Waals surface area (Å²) in [6.07, 6.45) is 0. The fourth-order valence-corrected chi connectivity index (χ4v) is 1.11. The van der Waals surface area contributed by atoms with Crippen molar-refractivity contribution in [2.75, 3.05) is 19.0 Å². The van der Waals surface area contributed by atoms with Gasteiger partial charge in [-0.1, -0.05) is 11.6 Å². The van der Waals surface area contributed by atoms with E-state index in [1.807, 2.05) is 0 Å². The van der Waals surface area contributed by atoms with Gasteiger partial charge in [-0.25, -0.2) is 4.39 Å². The van der Waals surface area contributed by atoms with Gasteiger partial charge in [0.05, 0.1) is 17.8 Å². The molecule has 1 N–H and O–H groups in total. The van der Waals surface area contributed by atoms with Crippen molar-refractivity contribution in [1.82, 2.24) is 0 Å². The lowest BCUT2D eigenvalue weighted by Crippen LogP contribution is -2.15. The molecule has 0 amide bonds. The van der Waals surface area contributed by atoms with Crippen molar-refractivity contribution in [1.29, 1.82) is 0 Å². The molecule has 0 spiro atoms. The van der Waals surface area contributed by atoms with Gasteiger partial charge in [0.1, 0.15) is 12.4 Å². The van der Waals surface area contributed by atoms with Gasteiger partial charge in [0, 0.05) is 0 Å². The second kappa shape index (κ2) is 4.81. The summed E-state index contributed by atoms with van der Waals surface area (Å²) in [7, 11) is 1.29. The van der Waals surface area contributed by atoms with Gasteiger partial charge in [0.15, 0.2) is 0 Å². The third-order valence-corrected chi connectivity index (χ3v) is 1.89. The first-order valence-corrected chi connectivity index (χ1v) is 4.27. The van der Waals surface area contributed by atoms with Crippen LogP contribution in [0.2, 0.25) is 5.02 Å². The molecule has 5 heteroatoms. The predicted molar refractivity (Wildman–Crippen MR) is 51.9 cm³/mol. The summed E-state index contributed by atoms with van der Waals surface area (Å²) in [5.74, 6) is -0.830. The number of carbonyl (C=O) groups excluding carboxylic acids is 1. The highest BCUT2D eigenvalue weighted by molar-refractivity contribution is 6.33. The standard InChI is InChI=1S/C9H9ClFNO2/c1-14-9(13)5-12-8-3-2-6(11)4-7(8)10/h2-4,12H,5H2,1H3. The molecule has 0 heterocycles. The molecule has 0 aliphatic rings. The Morgan fingerprint density at radius 1 is 1.64 bits per heavy atom. The van der Waals surface area contributed by atoms with Crippen LogP contribution in [-0.4, -0.2) is 19.6 Å². The summed E-state index contributed by atoms with van der Waals surface area (Å²) >= 11 is 5.70. The number of ether oxygens (including phenoxy) is 1. The molecule has 0 radical (unpaired) electrons. The van der Waals surface area contributed by atoms with Gasteiger partial charge in [-0.05, 0) is 18.2 Å². The number of anilines is 1. The van der Waals surface area contributed by atoms with Crippen LogP contribution in [0, 0.1) is 5.82 Å². The van der Waals surface area contributed by atoms with Crippen LogP contribution in [0.4, 0.5) is 10.1 Å². The predicted octanol–water partition coefficient (Wildman–Crippen LogP) is 2.06. The van der Waals surface area contributed by atoms with Crippen molar-refractivity contribution in [3.63, 3.8) is 0 Å². The summed E-state index contributed by atoms with van der Waals surface area (Å²) < 4.78 is 17.0. The first-order chi connectivity index (χ1) is 6.63. The summed E-state index contributed by atoms with van der Waals surface area (Å²) in [4.78, 5) is 10.8. The van der Waals surface area contributed by atoms with E-state index in [4.69, 9.17) is 11.6 Å². The number of hydrogen-bond acceptors (Lipinski definition) is 3. The van der Waals surface area contributed by atoms with Crippen LogP contribution in [0.3, 0.4) is 0 Å². The monoisotopic (exact) mass is 217 g/mol. The molecule has 0 bridgehead atoms. The lowest BCUT2D eigenvalue weighted by molar-refractivity contribution is -0.138. The molecule has 76 valence electrons. The molecule has 0 aromatic heterocycles. The largest absolute Gasteiger partial charge is 0.468 e. The van der Waals surface area contributed by atoms with Gasteiger partial charge in [-0.3, -0.25) is 4.79 Å². The molecule has 3 nitrogen and oxygen atoms in total. The third-order valence-electron chi connectivity index (χ3n) is 1.58. The van der Waals surface area contributed by atoms with Crippen molar-refractivity contribution < 1.29 is 13.9 Å². The van der Waals surface area contributed by atoms with E-state index in [0.717, 1.165) is 0 Å². The maximum Gasteiger partial charge on any atom is 0.325 e. The van der Waals surface area contributed by atoms with Gasteiger partial charge in [0.25, 0.3) is 0 Å². The summed E-state index contributed by atoms with van der Waals surface area (Å²) in [6.45, 7) is 0.00184. The minimum Gasteiger partial charge on any atom is -0.468 e. The number of hydrogen-bond donors (Lipinski definition) is 1. The van der Waals surface area contributed by atoms with Gasteiger partial charge in [0.2, 0.25) is 0 Å². The lowest BCUT2D eigenvalue weighted by Gasteiger charge is -2.06. The van der Waals surface area contributed by atoms with Crippen molar-refractivity contribution in [2.45, 2.75) is 0 Å². The third kappa shape index (κ3) is 2.88. The summed E-state index contributed by atoms with van der Waals surface area (Å²) in [5, 5.41) is 2.95. The maximum absolute atomic E-state index is 12.6. The highest BCUT2D eigenvalue weighted by Crippen LogP contribution is 2.21. The van der Waals surface area contributed by atoms with E-state index in [1.54, 1.807) is 0 Å². The quantitative estimate of drug-likeness (QED) is 0.788. The smallest absolute Gasteiger partial charge is 0.325 e. The molecular formula is C9H9ClFNO2.